The van der Waals surface area contributed by atoms with Crippen LogP contribution in [0.1, 0.15) is 20.8 Å². The summed E-state index contributed by atoms with van der Waals surface area (Å²) in [6.45, 7) is 9.34. The third kappa shape index (κ3) is 5.21. The van der Waals surface area contributed by atoms with E-state index in [-0.39, 0.29) is 5.60 Å². The SMILES string of the molecule is C=C(OC)OC(C)(C)C. The van der Waals surface area contributed by atoms with E-state index in [1.165, 1.54) is 7.11 Å². The van der Waals surface area contributed by atoms with Crippen LogP contribution in [-0.4, -0.2) is 12.7 Å². The van der Waals surface area contributed by atoms with Gasteiger partial charge in [-0.15, -0.1) is 0 Å². The van der Waals surface area contributed by atoms with E-state index in [0.717, 1.165) is 0 Å². The van der Waals surface area contributed by atoms with E-state index < -0.39 is 0 Å². The summed E-state index contributed by atoms with van der Waals surface area (Å²) in [4.78, 5) is 0. The summed E-state index contributed by atoms with van der Waals surface area (Å²) in [5.74, 6) is 0.363. The molecule has 0 aromatic carbocycles. The van der Waals surface area contributed by atoms with Gasteiger partial charge in [-0.2, -0.15) is 0 Å². The molecule has 0 aromatic rings. The van der Waals surface area contributed by atoms with Gasteiger partial charge in [0.25, 0.3) is 5.95 Å². The van der Waals surface area contributed by atoms with Crippen LogP contribution in [0.3, 0.4) is 0 Å². The summed E-state index contributed by atoms with van der Waals surface area (Å²) < 4.78 is 9.88. The van der Waals surface area contributed by atoms with Crippen molar-refractivity contribution < 1.29 is 9.47 Å². The summed E-state index contributed by atoms with van der Waals surface area (Å²) in [5.41, 5.74) is -0.201. The molecule has 0 radical (unpaired) electrons. The molecular formula is C7H14O2. The van der Waals surface area contributed by atoms with Crippen LogP contribution in [0.4, 0.5) is 0 Å². The van der Waals surface area contributed by atoms with Crippen LogP contribution in [0.25, 0.3) is 0 Å². The average Bonchev–Trinajstić information content (AvgIpc) is 1.62. The Morgan fingerprint density at radius 3 is 1.89 bits per heavy atom. The molecule has 0 atom stereocenters. The zero-order valence-corrected chi connectivity index (χ0v) is 6.52. The molecule has 0 unspecified atom stereocenters. The first-order chi connectivity index (χ1) is 3.95. The first-order valence-electron chi connectivity index (χ1n) is 2.87. The van der Waals surface area contributed by atoms with Crippen LogP contribution in [0.2, 0.25) is 0 Å². The molecule has 0 aliphatic carbocycles. The Kier molecular flexibility index (Phi) is 2.56. The van der Waals surface area contributed by atoms with Gasteiger partial charge in [0.05, 0.1) is 7.11 Å². The maximum absolute atomic E-state index is 5.17. The highest BCUT2D eigenvalue weighted by atomic mass is 16.7. The second-order valence-electron chi connectivity index (χ2n) is 2.79. The predicted molar refractivity (Wildman–Crippen MR) is 37.0 cm³/mol. The van der Waals surface area contributed by atoms with Crippen LogP contribution in [-0.2, 0) is 9.47 Å². The van der Waals surface area contributed by atoms with Crippen molar-refractivity contribution in [3.63, 3.8) is 0 Å². The molecule has 54 valence electrons. The number of ether oxygens (including phenoxy) is 2. The van der Waals surface area contributed by atoms with Gasteiger partial charge in [0.1, 0.15) is 5.60 Å². The molecule has 0 amide bonds. The van der Waals surface area contributed by atoms with Crippen molar-refractivity contribution in [2.45, 2.75) is 26.4 Å². The van der Waals surface area contributed by atoms with Gasteiger partial charge in [0, 0.05) is 0 Å². The second-order valence-corrected chi connectivity index (χ2v) is 2.79. The molecule has 0 fully saturated rings. The third-order valence-corrected chi connectivity index (χ3v) is 0.648. The normalized spacial score (nSPS) is 10.7. The van der Waals surface area contributed by atoms with Crippen molar-refractivity contribution in [3.8, 4) is 0 Å². The van der Waals surface area contributed by atoms with Crippen molar-refractivity contribution in [3.05, 3.63) is 12.5 Å². The molecular weight excluding hydrogens is 116 g/mol. The topological polar surface area (TPSA) is 18.5 Å². The van der Waals surface area contributed by atoms with Crippen molar-refractivity contribution in [1.29, 1.82) is 0 Å². The Hall–Kier alpha value is -0.660. The molecule has 0 bridgehead atoms. The van der Waals surface area contributed by atoms with Crippen molar-refractivity contribution in [1.82, 2.24) is 0 Å². The summed E-state index contributed by atoms with van der Waals surface area (Å²) in [6.07, 6.45) is 0. The van der Waals surface area contributed by atoms with Crippen LogP contribution >= 0.6 is 0 Å². The Labute approximate surface area is 56.5 Å². The minimum Gasteiger partial charge on any atom is -0.469 e. The molecule has 0 aliphatic rings. The lowest BCUT2D eigenvalue weighted by Crippen LogP contribution is -2.18. The van der Waals surface area contributed by atoms with Gasteiger partial charge < -0.3 is 9.47 Å². The summed E-state index contributed by atoms with van der Waals surface area (Å²) >= 11 is 0. The molecule has 0 saturated heterocycles. The minimum absolute atomic E-state index is 0.201. The second kappa shape index (κ2) is 2.76. The van der Waals surface area contributed by atoms with E-state index in [2.05, 4.69) is 6.58 Å². The first kappa shape index (κ1) is 8.34. The largest absolute Gasteiger partial charge is 0.469 e. The van der Waals surface area contributed by atoms with E-state index in [0.29, 0.717) is 5.95 Å². The van der Waals surface area contributed by atoms with Crippen LogP contribution < -0.4 is 0 Å². The first-order valence-corrected chi connectivity index (χ1v) is 2.87. The fourth-order valence-electron chi connectivity index (χ4n) is 0.383. The van der Waals surface area contributed by atoms with Crippen molar-refractivity contribution >= 4 is 0 Å². The molecule has 2 heteroatoms. The zero-order chi connectivity index (χ0) is 7.49. The fraction of sp³-hybridized carbons (Fsp3) is 0.714. The maximum atomic E-state index is 5.17. The standard InChI is InChI=1S/C7H14O2/c1-6(8-5)9-7(2,3)4/h1H2,2-5H3. The molecule has 0 aromatic heterocycles. The fourth-order valence-corrected chi connectivity index (χ4v) is 0.383. The van der Waals surface area contributed by atoms with Crippen molar-refractivity contribution in [2.75, 3.05) is 7.11 Å². The van der Waals surface area contributed by atoms with Gasteiger partial charge in [-0.25, -0.2) is 0 Å². The van der Waals surface area contributed by atoms with Gasteiger partial charge >= 0.3 is 0 Å². The number of hydrogen-bond acceptors (Lipinski definition) is 2. The van der Waals surface area contributed by atoms with Crippen molar-refractivity contribution in [2.24, 2.45) is 0 Å². The van der Waals surface area contributed by atoms with Gasteiger partial charge in [-0.3, -0.25) is 0 Å². The van der Waals surface area contributed by atoms with Crippen LogP contribution in [0, 0.1) is 0 Å². The van der Waals surface area contributed by atoms with Gasteiger partial charge in [-0.1, -0.05) is 0 Å². The zero-order valence-electron chi connectivity index (χ0n) is 6.52. The summed E-state index contributed by atoms with van der Waals surface area (Å²) in [6, 6.07) is 0. The Morgan fingerprint density at radius 1 is 1.33 bits per heavy atom. The molecule has 0 rings (SSSR count). The molecule has 0 saturated carbocycles. The smallest absolute Gasteiger partial charge is 0.271 e. The molecule has 0 heterocycles. The van der Waals surface area contributed by atoms with E-state index in [1.807, 2.05) is 20.8 Å². The lowest BCUT2D eigenvalue weighted by atomic mass is 10.2. The highest BCUT2D eigenvalue weighted by Gasteiger charge is 2.11. The maximum Gasteiger partial charge on any atom is 0.271 e. The Balaban J connectivity index is 3.60. The van der Waals surface area contributed by atoms with Gasteiger partial charge in [0.15, 0.2) is 0 Å². The summed E-state index contributed by atoms with van der Waals surface area (Å²) in [5, 5.41) is 0. The van der Waals surface area contributed by atoms with Crippen LogP contribution in [0.5, 0.6) is 0 Å². The number of rotatable bonds is 2. The molecule has 0 N–H and O–H groups in total. The van der Waals surface area contributed by atoms with E-state index in [9.17, 15) is 0 Å². The molecule has 2 nitrogen and oxygen atoms in total. The quantitative estimate of drug-likeness (QED) is 0.532. The lowest BCUT2D eigenvalue weighted by Gasteiger charge is -2.20. The number of methoxy groups -OCH3 is 1. The third-order valence-electron chi connectivity index (χ3n) is 0.648. The lowest BCUT2D eigenvalue weighted by molar-refractivity contribution is -0.0288. The predicted octanol–water partition coefficient (Wildman–Crippen LogP) is 1.92. The monoisotopic (exact) mass is 130 g/mol. The van der Waals surface area contributed by atoms with E-state index in [1.54, 1.807) is 0 Å². The molecule has 0 aliphatic heterocycles. The van der Waals surface area contributed by atoms with Crippen LogP contribution in [0.15, 0.2) is 12.5 Å². The highest BCUT2D eigenvalue weighted by Crippen LogP contribution is 2.11. The Morgan fingerprint density at radius 2 is 1.78 bits per heavy atom. The van der Waals surface area contributed by atoms with Gasteiger partial charge in [-0.05, 0) is 27.4 Å². The Bertz CT molecular complexity index is 100.0. The molecule has 0 spiro atoms. The van der Waals surface area contributed by atoms with E-state index >= 15 is 0 Å². The highest BCUT2D eigenvalue weighted by molar-refractivity contribution is 4.73. The minimum atomic E-state index is -0.201. The summed E-state index contributed by atoms with van der Waals surface area (Å²) in [7, 11) is 1.54. The number of hydrogen-bond donors (Lipinski definition) is 0. The van der Waals surface area contributed by atoms with Gasteiger partial charge in [0.2, 0.25) is 0 Å². The van der Waals surface area contributed by atoms with E-state index in [4.69, 9.17) is 9.47 Å². The molecule has 9 heavy (non-hydrogen) atoms. The average molecular weight is 130 g/mol.